The Kier molecular flexibility index (Phi) is 8.72. The number of aromatic nitrogens is 1. The third-order valence-corrected chi connectivity index (χ3v) is 8.29. The number of hydrogen-bond acceptors (Lipinski definition) is 9. The summed E-state index contributed by atoms with van der Waals surface area (Å²) in [5, 5.41) is 0.617. The molecular formula is C30H29N3O8S. The van der Waals surface area contributed by atoms with Crippen molar-refractivity contribution < 1.29 is 37.0 Å². The Morgan fingerprint density at radius 2 is 1.79 bits per heavy atom. The maximum Gasteiger partial charge on any atom is 0.326 e. The van der Waals surface area contributed by atoms with E-state index in [0.717, 1.165) is 4.31 Å². The molecule has 0 fully saturated rings. The second kappa shape index (κ2) is 12.8. The van der Waals surface area contributed by atoms with Crippen molar-refractivity contribution in [3.8, 4) is 17.2 Å². The molecule has 2 heterocycles. The highest BCUT2D eigenvalue weighted by Crippen LogP contribution is 2.41. The van der Waals surface area contributed by atoms with Gasteiger partial charge in [-0.2, -0.15) is 0 Å². The number of amides is 1. The Morgan fingerprint density at radius 3 is 2.55 bits per heavy atom. The van der Waals surface area contributed by atoms with Gasteiger partial charge in [0.05, 0.1) is 24.4 Å². The van der Waals surface area contributed by atoms with Crippen LogP contribution in [-0.2, 0) is 30.9 Å². The predicted molar refractivity (Wildman–Crippen MR) is 154 cm³/mol. The molecule has 0 bridgehead atoms. The minimum absolute atomic E-state index is 0.00371. The van der Waals surface area contributed by atoms with Crippen LogP contribution in [0.2, 0.25) is 0 Å². The summed E-state index contributed by atoms with van der Waals surface area (Å²) in [5.74, 6) is 0.600. The average molecular weight is 592 g/mol. The zero-order valence-corrected chi connectivity index (χ0v) is 23.7. The molecule has 0 radical (unpaired) electrons. The van der Waals surface area contributed by atoms with Crippen LogP contribution in [0.3, 0.4) is 0 Å². The monoisotopic (exact) mass is 591 g/mol. The van der Waals surface area contributed by atoms with Crippen LogP contribution in [-0.4, -0.2) is 63.8 Å². The Balaban J connectivity index is 1.54. The summed E-state index contributed by atoms with van der Waals surface area (Å²) in [5.41, 5.74) is 0.798. The summed E-state index contributed by atoms with van der Waals surface area (Å²) in [6.07, 6.45) is 2.16. The lowest BCUT2D eigenvalue weighted by molar-refractivity contribution is -0.141. The molecule has 1 aliphatic heterocycles. The Bertz CT molecular complexity index is 1680. The van der Waals surface area contributed by atoms with E-state index >= 15 is 0 Å². The number of hydrogen-bond donors (Lipinski definition) is 0. The van der Waals surface area contributed by atoms with E-state index < -0.39 is 22.5 Å². The number of carbonyl (C=O) groups excluding carboxylic acids is 2. The second-order valence-electron chi connectivity index (χ2n) is 9.22. The van der Waals surface area contributed by atoms with Gasteiger partial charge in [0.1, 0.15) is 23.8 Å². The maximum atomic E-state index is 14.3. The van der Waals surface area contributed by atoms with Crippen molar-refractivity contribution in [3.05, 3.63) is 84.6 Å². The topological polar surface area (TPSA) is 125 Å². The molecule has 3 aromatic carbocycles. The van der Waals surface area contributed by atoms with E-state index in [1.165, 1.54) is 23.2 Å². The van der Waals surface area contributed by atoms with Crippen molar-refractivity contribution in [1.82, 2.24) is 9.88 Å². The van der Waals surface area contributed by atoms with Crippen LogP contribution >= 0.6 is 0 Å². The lowest BCUT2D eigenvalue weighted by Crippen LogP contribution is -2.38. The van der Waals surface area contributed by atoms with Gasteiger partial charge >= 0.3 is 5.97 Å². The lowest BCUT2D eigenvalue weighted by atomic mass is 10.1. The van der Waals surface area contributed by atoms with Crippen LogP contribution in [0.15, 0.2) is 83.9 Å². The van der Waals surface area contributed by atoms with Crippen LogP contribution in [0, 0.1) is 0 Å². The normalized spacial score (nSPS) is 12.1. The quantitative estimate of drug-likeness (QED) is 0.169. The molecule has 42 heavy (non-hydrogen) atoms. The number of sulfonamides is 1. The number of rotatable bonds is 13. The summed E-state index contributed by atoms with van der Waals surface area (Å²) in [6, 6.07) is 20.5. The van der Waals surface area contributed by atoms with Crippen molar-refractivity contribution in [1.29, 1.82) is 0 Å². The molecule has 5 rings (SSSR count). The van der Waals surface area contributed by atoms with E-state index in [1.807, 2.05) is 18.2 Å². The summed E-state index contributed by atoms with van der Waals surface area (Å²) < 4.78 is 51.6. The van der Waals surface area contributed by atoms with E-state index in [-0.39, 0.29) is 49.2 Å². The first-order chi connectivity index (χ1) is 20.4. The van der Waals surface area contributed by atoms with E-state index in [4.69, 9.17) is 18.9 Å². The molecule has 0 saturated carbocycles. The fourth-order valence-corrected chi connectivity index (χ4v) is 6.15. The van der Waals surface area contributed by atoms with Crippen molar-refractivity contribution in [2.75, 3.05) is 37.4 Å². The molecular weight excluding hydrogens is 562 g/mol. The minimum atomic E-state index is -4.39. The number of carbonyl (C=O) groups is 2. The molecule has 4 aromatic rings. The highest BCUT2D eigenvalue weighted by molar-refractivity contribution is 7.93. The highest BCUT2D eigenvalue weighted by atomic mass is 32.2. The van der Waals surface area contributed by atoms with Gasteiger partial charge in [-0.15, -0.1) is 0 Å². The van der Waals surface area contributed by atoms with Crippen molar-refractivity contribution in [2.24, 2.45) is 0 Å². The van der Waals surface area contributed by atoms with Crippen LogP contribution in [0.25, 0.3) is 10.9 Å². The maximum absolute atomic E-state index is 14.3. The fraction of sp³-hybridized carbons (Fsp3) is 0.233. The molecule has 0 unspecified atom stereocenters. The van der Waals surface area contributed by atoms with Gasteiger partial charge in [0.25, 0.3) is 10.0 Å². The fourth-order valence-electron chi connectivity index (χ4n) is 4.54. The highest BCUT2D eigenvalue weighted by Gasteiger charge is 2.33. The third kappa shape index (κ3) is 6.23. The molecule has 218 valence electrons. The van der Waals surface area contributed by atoms with E-state index in [9.17, 15) is 18.0 Å². The van der Waals surface area contributed by atoms with Gasteiger partial charge in [0.15, 0.2) is 11.5 Å². The van der Waals surface area contributed by atoms with Gasteiger partial charge in [0, 0.05) is 24.2 Å². The van der Waals surface area contributed by atoms with Crippen LogP contribution in [0.1, 0.15) is 12.5 Å². The number of esters is 1. The summed E-state index contributed by atoms with van der Waals surface area (Å²) in [7, 11) is -4.39. The van der Waals surface area contributed by atoms with Gasteiger partial charge in [-0.3, -0.25) is 18.9 Å². The van der Waals surface area contributed by atoms with E-state index in [1.54, 1.807) is 49.4 Å². The number of fused-ring (bicyclic) bond motifs is 2. The third-order valence-electron chi connectivity index (χ3n) is 6.50. The predicted octanol–water partition coefficient (Wildman–Crippen LogP) is 3.76. The van der Waals surface area contributed by atoms with Crippen molar-refractivity contribution in [2.45, 2.75) is 18.4 Å². The molecule has 12 heteroatoms. The SMILES string of the molecule is CCOC(=O)CN(c1cc2c(cc1CN(C=O)CCOc1ccccc1)OCO2)S(=O)(=O)c1cccc2cccnc12. The lowest BCUT2D eigenvalue weighted by Gasteiger charge is -2.28. The Morgan fingerprint density at radius 1 is 1.02 bits per heavy atom. The van der Waals surface area contributed by atoms with Crippen molar-refractivity contribution in [3.63, 3.8) is 0 Å². The van der Waals surface area contributed by atoms with E-state index in [2.05, 4.69) is 4.98 Å². The van der Waals surface area contributed by atoms with E-state index in [0.29, 0.717) is 34.6 Å². The number of nitrogens with zero attached hydrogens (tertiary/aromatic N) is 3. The molecule has 11 nitrogen and oxygen atoms in total. The minimum Gasteiger partial charge on any atom is -0.492 e. The number of benzene rings is 3. The summed E-state index contributed by atoms with van der Waals surface area (Å²) >= 11 is 0. The molecule has 0 spiro atoms. The number of para-hydroxylation sites is 2. The van der Waals surface area contributed by atoms with Gasteiger partial charge in [-0.25, -0.2) is 8.42 Å². The first-order valence-corrected chi connectivity index (χ1v) is 14.7. The van der Waals surface area contributed by atoms with Crippen molar-refractivity contribution >= 4 is 39.0 Å². The molecule has 0 saturated heterocycles. The molecule has 0 atom stereocenters. The Labute approximate surface area is 243 Å². The summed E-state index contributed by atoms with van der Waals surface area (Å²) in [4.78, 5) is 30.5. The van der Waals surface area contributed by atoms with Crippen LogP contribution < -0.4 is 18.5 Å². The molecule has 1 aromatic heterocycles. The van der Waals surface area contributed by atoms with Crippen LogP contribution in [0.4, 0.5) is 5.69 Å². The first-order valence-electron chi connectivity index (χ1n) is 13.2. The molecule has 1 aliphatic rings. The summed E-state index contributed by atoms with van der Waals surface area (Å²) in [6.45, 7) is 1.44. The smallest absolute Gasteiger partial charge is 0.326 e. The standard InChI is InChI=1S/C30H29N3O8S/c1-2-38-29(35)19-33(42(36,37)28-12-6-8-22-9-7-13-31-30(22)28)25-17-27-26(40-21-41-27)16-23(25)18-32(20-34)14-15-39-24-10-4-3-5-11-24/h3-13,16-17,20H,2,14-15,18-19,21H2,1H3. The number of ether oxygens (including phenoxy) is 4. The second-order valence-corrected chi connectivity index (χ2v) is 11.1. The average Bonchev–Trinajstić information content (AvgIpc) is 3.46. The Hall–Kier alpha value is -4.84. The molecule has 0 N–H and O–H groups in total. The molecule has 1 amide bonds. The number of pyridine rings is 1. The molecule has 0 aliphatic carbocycles. The zero-order chi connectivity index (χ0) is 29.5. The van der Waals surface area contributed by atoms with Gasteiger partial charge in [0.2, 0.25) is 13.2 Å². The number of anilines is 1. The first kappa shape index (κ1) is 28.7. The van der Waals surface area contributed by atoms with Gasteiger partial charge in [-0.1, -0.05) is 36.4 Å². The largest absolute Gasteiger partial charge is 0.492 e. The zero-order valence-electron chi connectivity index (χ0n) is 22.8. The van der Waals surface area contributed by atoms with Crippen LogP contribution in [0.5, 0.6) is 17.2 Å². The van der Waals surface area contributed by atoms with Gasteiger partial charge < -0.3 is 23.8 Å². The van der Waals surface area contributed by atoms with Gasteiger partial charge in [-0.05, 0) is 42.8 Å².